The Labute approximate surface area is 174 Å². The molecule has 2 heterocycles. The standard InChI is InChI=1S/C25H22FNO3/c26-17-9-7-15(8-10-17)24-20-3-1-2-4-22(20)27-25(16-5-6-16)21(24)12-11-19-13-18(28)14-23(29)30-19/h1-4,7-12,16,18-19,28H,5-6,13-14H2/b12-11+/t18-,19+/m1/s1. The average molecular weight is 403 g/mol. The van der Waals surface area contributed by atoms with Gasteiger partial charge in [0.15, 0.2) is 0 Å². The van der Waals surface area contributed by atoms with Crippen LogP contribution in [0.2, 0.25) is 0 Å². The van der Waals surface area contributed by atoms with Gasteiger partial charge in [-0.15, -0.1) is 0 Å². The first kappa shape index (κ1) is 18.9. The van der Waals surface area contributed by atoms with E-state index in [4.69, 9.17) is 9.72 Å². The number of halogens is 1. The summed E-state index contributed by atoms with van der Waals surface area (Å²) in [6.45, 7) is 0. The largest absolute Gasteiger partial charge is 0.458 e. The molecular weight excluding hydrogens is 381 g/mol. The molecule has 152 valence electrons. The summed E-state index contributed by atoms with van der Waals surface area (Å²) in [7, 11) is 0. The van der Waals surface area contributed by atoms with Gasteiger partial charge in [0.1, 0.15) is 11.9 Å². The summed E-state index contributed by atoms with van der Waals surface area (Å²) in [4.78, 5) is 16.7. The van der Waals surface area contributed by atoms with E-state index < -0.39 is 12.2 Å². The van der Waals surface area contributed by atoms with E-state index >= 15 is 0 Å². The molecule has 0 radical (unpaired) electrons. The van der Waals surface area contributed by atoms with Gasteiger partial charge in [-0.2, -0.15) is 0 Å². The molecule has 0 spiro atoms. The molecule has 2 fully saturated rings. The van der Waals surface area contributed by atoms with Crippen molar-refractivity contribution in [2.45, 2.75) is 43.8 Å². The molecule has 1 N–H and O–H groups in total. The number of esters is 1. The summed E-state index contributed by atoms with van der Waals surface area (Å²) in [6.07, 6.45) is 5.24. The zero-order valence-electron chi connectivity index (χ0n) is 16.4. The number of aliphatic hydroxyl groups excluding tert-OH is 1. The van der Waals surface area contributed by atoms with E-state index in [0.29, 0.717) is 12.3 Å². The van der Waals surface area contributed by atoms with Crippen molar-refractivity contribution in [3.63, 3.8) is 0 Å². The van der Waals surface area contributed by atoms with Crippen LogP contribution < -0.4 is 0 Å². The maximum Gasteiger partial charge on any atom is 0.309 e. The third kappa shape index (κ3) is 3.73. The van der Waals surface area contributed by atoms with E-state index in [1.165, 1.54) is 12.1 Å². The lowest BCUT2D eigenvalue weighted by Crippen LogP contribution is -2.31. The molecule has 5 rings (SSSR count). The van der Waals surface area contributed by atoms with Crippen LogP contribution in [0, 0.1) is 5.82 Å². The lowest BCUT2D eigenvalue weighted by atomic mass is 9.92. The van der Waals surface area contributed by atoms with Crippen LogP contribution in [0.4, 0.5) is 4.39 Å². The average Bonchev–Trinajstić information content (AvgIpc) is 3.57. The number of aliphatic hydroxyl groups is 1. The lowest BCUT2D eigenvalue weighted by molar-refractivity contribution is -0.156. The van der Waals surface area contributed by atoms with Gasteiger partial charge in [0.2, 0.25) is 0 Å². The molecule has 2 atom stereocenters. The predicted molar refractivity (Wildman–Crippen MR) is 113 cm³/mol. The Balaban J connectivity index is 1.68. The second kappa shape index (κ2) is 7.65. The van der Waals surface area contributed by atoms with Crippen molar-refractivity contribution in [3.05, 3.63) is 71.7 Å². The van der Waals surface area contributed by atoms with Crippen LogP contribution in [0.25, 0.3) is 28.1 Å². The highest BCUT2D eigenvalue weighted by atomic mass is 19.1. The maximum atomic E-state index is 13.6. The Morgan fingerprint density at radius 2 is 1.87 bits per heavy atom. The number of hydrogen-bond donors (Lipinski definition) is 1. The molecule has 30 heavy (non-hydrogen) atoms. The highest BCUT2D eigenvalue weighted by molar-refractivity contribution is 5.99. The summed E-state index contributed by atoms with van der Waals surface area (Å²) < 4.78 is 19.0. The van der Waals surface area contributed by atoms with E-state index in [2.05, 4.69) is 0 Å². The number of benzene rings is 2. The highest BCUT2D eigenvalue weighted by Crippen LogP contribution is 2.45. The summed E-state index contributed by atoms with van der Waals surface area (Å²) in [6, 6.07) is 14.5. The summed E-state index contributed by atoms with van der Waals surface area (Å²) in [5, 5.41) is 10.9. The quantitative estimate of drug-likeness (QED) is 0.623. The van der Waals surface area contributed by atoms with Crippen molar-refractivity contribution in [2.24, 2.45) is 0 Å². The summed E-state index contributed by atoms with van der Waals surface area (Å²) in [5.41, 5.74) is 4.82. The van der Waals surface area contributed by atoms with Crippen LogP contribution in [0.1, 0.15) is 42.9 Å². The minimum atomic E-state index is -0.685. The van der Waals surface area contributed by atoms with Gasteiger partial charge in [0, 0.05) is 28.9 Å². The fourth-order valence-corrected chi connectivity index (χ4v) is 4.14. The van der Waals surface area contributed by atoms with Gasteiger partial charge in [0.25, 0.3) is 0 Å². The number of nitrogens with zero attached hydrogens (tertiary/aromatic N) is 1. The lowest BCUT2D eigenvalue weighted by Gasteiger charge is -2.23. The molecule has 1 aliphatic heterocycles. The molecule has 2 aromatic carbocycles. The maximum absolute atomic E-state index is 13.6. The fourth-order valence-electron chi connectivity index (χ4n) is 4.14. The van der Waals surface area contributed by atoms with Crippen LogP contribution >= 0.6 is 0 Å². The van der Waals surface area contributed by atoms with E-state index in [0.717, 1.165) is 46.1 Å². The summed E-state index contributed by atoms with van der Waals surface area (Å²) >= 11 is 0. The van der Waals surface area contributed by atoms with Gasteiger partial charge in [-0.3, -0.25) is 9.78 Å². The molecule has 0 amide bonds. The van der Waals surface area contributed by atoms with E-state index in [-0.39, 0.29) is 18.2 Å². The van der Waals surface area contributed by atoms with Crippen molar-refractivity contribution in [1.82, 2.24) is 4.98 Å². The molecule has 3 aromatic rings. The van der Waals surface area contributed by atoms with Gasteiger partial charge in [-0.1, -0.05) is 36.4 Å². The third-order valence-corrected chi connectivity index (χ3v) is 5.72. The van der Waals surface area contributed by atoms with Gasteiger partial charge in [-0.25, -0.2) is 4.39 Å². The number of hydrogen-bond acceptors (Lipinski definition) is 4. The normalized spacial score (nSPS) is 21.9. The smallest absolute Gasteiger partial charge is 0.309 e. The van der Waals surface area contributed by atoms with Crippen LogP contribution in [0.3, 0.4) is 0 Å². The van der Waals surface area contributed by atoms with Crippen molar-refractivity contribution in [2.75, 3.05) is 0 Å². The molecular formula is C25H22FNO3. The van der Waals surface area contributed by atoms with Crippen molar-refractivity contribution < 1.29 is 19.0 Å². The molecule has 0 bridgehead atoms. The molecule has 4 nitrogen and oxygen atoms in total. The minimum absolute atomic E-state index is 0.0377. The zero-order valence-corrected chi connectivity index (χ0v) is 16.4. The molecule has 5 heteroatoms. The number of fused-ring (bicyclic) bond motifs is 1. The number of rotatable bonds is 4. The number of carbonyl (C=O) groups is 1. The van der Waals surface area contributed by atoms with E-state index in [9.17, 15) is 14.3 Å². The van der Waals surface area contributed by atoms with Gasteiger partial charge >= 0.3 is 5.97 Å². The topological polar surface area (TPSA) is 59.4 Å². The first-order chi connectivity index (χ1) is 14.6. The first-order valence-corrected chi connectivity index (χ1v) is 10.3. The molecule has 1 aliphatic carbocycles. The van der Waals surface area contributed by atoms with Crippen LogP contribution in [-0.2, 0) is 9.53 Å². The van der Waals surface area contributed by atoms with Crippen molar-refractivity contribution in [1.29, 1.82) is 0 Å². The second-order valence-corrected chi connectivity index (χ2v) is 8.07. The SMILES string of the molecule is O=C1C[C@H](O)C[C@H](/C=C/c2c(C3CC3)nc3ccccc3c2-c2ccc(F)cc2)O1. The Morgan fingerprint density at radius 1 is 1.10 bits per heavy atom. The van der Waals surface area contributed by atoms with E-state index in [1.807, 2.05) is 36.4 Å². The minimum Gasteiger partial charge on any atom is -0.458 e. The number of para-hydroxylation sites is 1. The molecule has 2 aliphatic rings. The van der Waals surface area contributed by atoms with Gasteiger partial charge in [-0.05, 0) is 42.7 Å². The van der Waals surface area contributed by atoms with Crippen LogP contribution in [-0.4, -0.2) is 28.3 Å². The molecule has 0 unspecified atom stereocenters. The first-order valence-electron chi connectivity index (χ1n) is 10.3. The number of ether oxygens (including phenoxy) is 1. The molecule has 1 saturated heterocycles. The molecule has 1 saturated carbocycles. The van der Waals surface area contributed by atoms with Gasteiger partial charge < -0.3 is 9.84 Å². The van der Waals surface area contributed by atoms with Crippen molar-refractivity contribution in [3.8, 4) is 11.1 Å². The van der Waals surface area contributed by atoms with Crippen molar-refractivity contribution >= 4 is 22.9 Å². The number of cyclic esters (lactones) is 1. The van der Waals surface area contributed by atoms with Crippen LogP contribution in [0.5, 0.6) is 0 Å². The number of aromatic nitrogens is 1. The Hall–Kier alpha value is -3.05. The Bertz CT molecular complexity index is 1140. The Kier molecular flexibility index (Phi) is 4.83. The van der Waals surface area contributed by atoms with Crippen LogP contribution in [0.15, 0.2) is 54.6 Å². The number of pyridine rings is 1. The highest BCUT2D eigenvalue weighted by Gasteiger charge is 2.30. The van der Waals surface area contributed by atoms with E-state index in [1.54, 1.807) is 12.1 Å². The number of carbonyl (C=O) groups excluding carboxylic acids is 1. The van der Waals surface area contributed by atoms with Gasteiger partial charge in [0.05, 0.1) is 23.7 Å². The Morgan fingerprint density at radius 3 is 2.60 bits per heavy atom. The summed E-state index contributed by atoms with van der Waals surface area (Å²) in [5.74, 6) is -0.270. The molecule has 1 aromatic heterocycles. The third-order valence-electron chi connectivity index (χ3n) is 5.72. The predicted octanol–water partition coefficient (Wildman–Crippen LogP) is 5.00. The fraction of sp³-hybridized carbons (Fsp3) is 0.280. The monoisotopic (exact) mass is 403 g/mol. The zero-order chi connectivity index (χ0) is 20.7. The second-order valence-electron chi connectivity index (χ2n) is 8.07.